The molecule has 0 saturated carbocycles. The molecule has 7 nitrogen and oxygen atoms in total. The van der Waals surface area contributed by atoms with E-state index < -0.39 is 5.97 Å². The lowest BCUT2D eigenvalue weighted by atomic mass is 10.2. The first-order valence-corrected chi connectivity index (χ1v) is 6.70. The van der Waals surface area contributed by atoms with Gasteiger partial charge in [-0.15, -0.1) is 0 Å². The summed E-state index contributed by atoms with van der Waals surface area (Å²) in [5.41, 5.74) is 0. The van der Waals surface area contributed by atoms with Crippen molar-refractivity contribution in [3.05, 3.63) is 23.7 Å². The molecular weight excluding hydrogens is 278 g/mol. The van der Waals surface area contributed by atoms with E-state index in [1.165, 1.54) is 14.2 Å². The van der Waals surface area contributed by atoms with Crippen LogP contribution < -0.4 is 0 Å². The largest absolute Gasteiger partial charge is 0.469 e. The van der Waals surface area contributed by atoms with E-state index in [2.05, 4.69) is 14.4 Å². The molecule has 0 amide bonds. The first-order chi connectivity index (χ1) is 10.1. The zero-order valence-corrected chi connectivity index (χ0v) is 12.2. The number of carbonyl (C=O) groups is 2. The minimum absolute atomic E-state index is 0.179. The fraction of sp³-hybridized carbons (Fsp3) is 0.571. The van der Waals surface area contributed by atoms with Crippen molar-refractivity contribution in [3.8, 4) is 0 Å². The third-order valence-corrected chi connectivity index (χ3v) is 3.27. The molecule has 0 aliphatic carbocycles. The Labute approximate surface area is 122 Å². The lowest BCUT2D eigenvalue weighted by Crippen LogP contribution is -2.42. The van der Waals surface area contributed by atoms with Crippen molar-refractivity contribution < 1.29 is 28.2 Å². The molecule has 0 bridgehead atoms. The molecule has 0 aromatic carbocycles. The second-order valence-corrected chi connectivity index (χ2v) is 4.77. The van der Waals surface area contributed by atoms with Crippen molar-refractivity contribution >= 4 is 11.9 Å². The highest BCUT2D eigenvalue weighted by Gasteiger charge is 2.24. The topological polar surface area (TPSA) is 78.2 Å². The summed E-state index contributed by atoms with van der Waals surface area (Å²) in [6.07, 6.45) is 0.0553. The first-order valence-electron chi connectivity index (χ1n) is 6.70. The SMILES string of the molecule is COC(=O)CC1CN(Cc2ccc(C(=O)OC)o2)CCO1. The molecule has 7 heteroatoms. The minimum Gasteiger partial charge on any atom is -0.469 e. The van der Waals surface area contributed by atoms with Crippen LogP contribution in [-0.4, -0.2) is 56.9 Å². The number of rotatable bonds is 5. The van der Waals surface area contributed by atoms with E-state index in [9.17, 15) is 9.59 Å². The van der Waals surface area contributed by atoms with Gasteiger partial charge in [0.05, 0.1) is 39.9 Å². The van der Waals surface area contributed by atoms with Crippen LogP contribution in [0.2, 0.25) is 0 Å². The molecule has 1 aliphatic rings. The van der Waals surface area contributed by atoms with Gasteiger partial charge in [-0.1, -0.05) is 0 Å². The average molecular weight is 297 g/mol. The Kier molecular flexibility index (Phi) is 5.35. The number of esters is 2. The maximum atomic E-state index is 11.3. The van der Waals surface area contributed by atoms with Gasteiger partial charge < -0.3 is 18.6 Å². The summed E-state index contributed by atoms with van der Waals surface area (Å²) in [4.78, 5) is 24.7. The second-order valence-electron chi connectivity index (χ2n) is 4.77. The lowest BCUT2D eigenvalue weighted by molar-refractivity contribution is -0.145. The number of carbonyl (C=O) groups excluding carboxylic acids is 2. The summed E-state index contributed by atoms with van der Waals surface area (Å²) >= 11 is 0. The molecule has 0 radical (unpaired) electrons. The molecule has 0 spiro atoms. The predicted molar refractivity (Wildman–Crippen MR) is 71.7 cm³/mol. The number of nitrogens with zero attached hydrogens (tertiary/aromatic N) is 1. The molecule has 0 N–H and O–H groups in total. The van der Waals surface area contributed by atoms with Gasteiger partial charge in [0.15, 0.2) is 0 Å². The molecular formula is C14H19NO6. The molecule has 21 heavy (non-hydrogen) atoms. The van der Waals surface area contributed by atoms with Crippen molar-refractivity contribution in [3.63, 3.8) is 0 Å². The van der Waals surface area contributed by atoms with Crippen molar-refractivity contribution in [1.29, 1.82) is 0 Å². The van der Waals surface area contributed by atoms with Gasteiger partial charge in [-0.3, -0.25) is 9.69 Å². The number of hydrogen-bond acceptors (Lipinski definition) is 7. The smallest absolute Gasteiger partial charge is 0.373 e. The summed E-state index contributed by atoms with van der Waals surface area (Å²) in [5, 5.41) is 0. The molecule has 1 atom stereocenters. The van der Waals surface area contributed by atoms with Gasteiger partial charge in [-0.2, -0.15) is 0 Å². The van der Waals surface area contributed by atoms with Gasteiger partial charge >= 0.3 is 11.9 Å². The second kappa shape index (κ2) is 7.24. The van der Waals surface area contributed by atoms with Crippen molar-refractivity contribution in [2.24, 2.45) is 0 Å². The highest BCUT2D eigenvalue weighted by atomic mass is 16.5. The Morgan fingerprint density at radius 3 is 2.86 bits per heavy atom. The Morgan fingerprint density at radius 2 is 2.14 bits per heavy atom. The standard InChI is InChI=1S/C14H19NO6/c1-18-13(16)7-11-9-15(5-6-20-11)8-10-3-4-12(21-10)14(17)19-2/h3-4,11H,5-9H2,1-2H3. The van der Waals surface area contributed by atoms with E-state index in [-0.39, 0.29) is 24.3 Å². The van der Waals surface area contributed by atoms with Crippen LogP contribution in [-0.2, 0) is 25.5 Å². The molecule has 2 heterocycles. The Morgan fingerprint density at radius 1 is 1.33 bits per heavy atom. The summed E-state index contributed by atoms with van der Waals surface area (Å²) in [6.45, 7) is 2.46. The molecule has 1 fully saturated rings. The van der Waals surface area contributed by atoms with Crippen LogP contribution in [0, 0.1) is 0 Å². The molecule has 1 aromatic heterocycles. The van der Waals surface area contributed by atoms with E-state index >= 15 is 0 Å². The number of hydrogen-bond donors (Lipinski definition) is 0. The predicted octanol–water partition coefficient (Wildman–Crippen LogP) is 0.830. The summed E-state index contributed by atoms with van der Waals surface area (Å²) in [7, 11) is 2.67. The van der Waals surface area contributed by atoms with Gasteiger partial charge in [0.25, 0.3) is 0 Å². The monoisotopic (exact) mass is 297 g/mol. The third kappa shape index (κ3) is 4.30. The van der Waals surface area contributed by atoms with Crippen LogP contribution in [0.1, 0.15) is 22.7 Å². The fourth-order valence-electron chi connectivity index (χ4n) is 2.21. The quantitative estimate of drug-likeness (QED) is 0.745. The highest BCUT2D eigenvalue weighted by molar-refractivity contribution is 5.86. The Hall–Kier alpha value is -1.86. The average Bonchev–Trinajstić information content (AvgIpc) is 2.95. The van der Waals surface area contributed by atoms with Crippen LogP contribution in [0.5, 0.6) is 0 Å². The fourth-order valence-corrected chi connectivity index (χ4v) is 2.21. The molecule has 1 saturated heterocycles. The van der Waals surface area contributed by atoms with Gasteiger partial charge in [0.2, 0.25) is 5.76 Å². The van der Waals surface area contributed by atoms with Crippen molar-refractivity contribution in [2.45, 2.75) is 19.1 Å². The normalized spacial score (nSPS) is 19.2. The van der Waals surface area contributed by atoms with E-state index in [4.69, 9.17) is 9.15 Å². The molecule has 1 aromatic rings. The van der Waals surface area contributed by atoms with Gasteiger partial charge in [-0.05, 0) is 12.1 Å². The number of methoxy groups -OCH3 is 2. The van der Waals surface area contributed by atoms with E-state index in [0.29, 0.717) is 25.5 Å². The van der Waals surface area contributed by atoms with Crippen LogP contribution in [0.3, 0.4) is 0 Å². The zero-order chi connectivity index (χ0) is 15.2. The van der Waals surface area contributed by atoms with Crippen LogP contribution >= 0.6 is 0 Å². The summed E-state index contributed by atoms with van der Waals surface area (Å²) in [6, 6.07) is 3.34. The van der Waals surface area contributed by atoms with E-state index in [1.54, 1.807) is 12.1 Å². The maximum Gasteiger partial charge on any atom is 0.373 e. The van der Waals surface area contributed by atoms with Crippen LogP contribution in [0.25, 0.3) is 0 Å². The highest BCUT2D eigenvalue weighted by Crippen LogP contribution is 2.15. The van der Waals surface area contributed by atoms with Crippen molar-refractivity contribution in [2.75, 3.05) is 33.9 Å². The first kappa shape index (κ1) is 15.5. The number of furan rings is 1. The van der Waals surface area contributed by atoms with Gasteiger partial charge in [-0.25, -0.2) is 4.79 Å². The zero-order valence-electron chi connectivity index (χ0n) is 12.2. The van der Waals surface area contributed by atoms with E-state index in [0.717, 1.165) is 6.54 Å². The van der Waals surface area contributed by atoms with Gasteiger partial charge in [0, 0.05) is 13.1 Å². The number of ether oxygens (including phenoxy) is 3. The van der Waals surface area contributed by atoms with Crippen LogP contribution in [0.15, 0.2) is 16.5 Å². The Balaban J connectivity index is 1.88. The summed E-state index contributed by atoms with van der Waals surface area (Å²) < 4.78 is 20.2. The summed E-state index contributed by atoms with van der Waals surface area (Å²) in [5.74, 6) is 0.0839. The molecule has 1 unspecified atom stereocenters. The third-order valence-electron chi connectivity index (χ3n) is 3.27. The van der Waals surface area contributed by atoms with Crippen LogP contribution in [0.4, 0.5) is 0 Å². The lowest BCUT2D eigenvalue weighted by Gasteiger charge is -2.31. The molecule has 116 valence electrons. The number of morpholine rings is 1. The van der Waals surface area contributed by atoms with Gasteiger partial charge in [0.1, 0.15) is 5.76 Å². The molecule has 2 rings (SSSR count). The maximum absolute atomic E-state index is 11.3. The minimum atomic E-state index is -0.494. The molecule has 1 aliphatic heterocycles. The Bertz CT molecular complexity index is 497. The van der Waals surface area contributed by atoms with Crippen molar-refractivity contribution in [1.82, 2.24) is 4.90 Å². The van der Waals surface area contributed by atoms with E-state index in [1.807, 2.05) is 0 Å².